The molecule has 0 aliphatic rings. The van der Waals surface area contributed by atoms with E-state index >= 15 is 4.39 Å². The minimum atomic E-state index is -0.948. The summed E-state index contributed by atoms with van der Waals surface area (Å²) in [4.78, 5) is 40.9. The Bertz CT molecular complexity index is 2200. The third-order valence-corrected chi connectivity index (χ3v) is 10.2. The third-order valence-electron chi connectivity index (χ3n) is 10.2. The molecule has 0 saturated heterocycles. The van der Waals surface area contributed by atoms with E-state index in [2.05, 4.69) is 53.2 Å². The lowest BCUT2D eigenvalue weighted by Gasteiger charge is -2.25. The second-order valence-electron chi connectivity index (χ2n) is 17.9. The molecule has 0 spiro atoms. The molecule has 4 aromatic carbocycles. The van der Waals surface area contributed by atoms with Gasteiger partial charge in [-0.15, -0.1) is 0 Å². The Morgan fingerprint density at radius 1 is 0.619 bits per heavy atom. The number of nitrogens with two attached hydrogens (primary N) is 1. The molecule has 0 bridgehead atoms. The summed E-state index contributed by atoms with van der Waals surface area (Å²) >= 11 is 0. The summed E-state index contributed by atoms with van der Waals surface area (Å²) in [5.41, 5.74) is 17.6. The Hall–Kier alpha value is -5.17. The van der Waals surface area contributed by atoms with Crippen molar-refractivity contribution in [3.63, 3.8) is 0 Å². The maximum atomic E-state index is 15.4. The van der Waals surface area contributed by atoms with Crippen LogP contribution in [0.3, 0.4) is 0 Å². The predicted molar refractivity (Wildman–Crippen MR) is 248 cm³/mol. The van der Waals surface area contributed by atoms with Crippen molar-refractivity contribution >= 4 is 18.0 Å². The number of hydrogen-bond acceptors (Lipinski definition) is 9. The molecule has 0 fully saturated rings. The van der Waals surface area contributed by atoms with Crippen molar-refractivity contribution < 1.29 is 37.4 Å². The van der Waals surface area contributed by atoms with Gasteiger partial charge in [-0.25, -0.2) is 13.6 Å². The summed E-state index contributed by atoms with van der Waals surface area (Å²) in [6, 6.07) is 14.0. The number of nitrogens with zero attached hydrogens (tertiary/aromatic N) is 2. The van der Waals surface area contributed by atoms with Gasteiger partial charge in [0, 0.05) is 30.3 Å². The number of amides is 1. The van der Waals surface area contributed by atoms with Gasteiger partial charge in [0.2, 0.25) is 0 Å². The van der Waals surface area contributed by atoms with Crippen LogP contribution in [0.1, 0.15) is 115 Å². The topological polar surface area (TPSA) is 123 Å². The number of nitrogens with one attached hydrogen (secondary N) is 1. The Labute approximate surface area is 374 Å². The standard InChI is InChI=1S/C28H39FN2O4.C23H31FN2O2/c1-10-34-24(32)15-23(30-27(33)35-28(5,6)7)22-14-21(13-19(4)26(22)29)25-17(2)11-20(12-18(25)3)16-31(8)9;1-7-28-21(27)12-20(25)19-11-18(10-16(4)23(19)24)22-14(2)8-17(9-15(22)3)13-26(5)6/h11-14,23H,10,15-16H2,1-9H3,(H,30,33);8-11,20H,7,12-13,25H2,1-6H3/t23-;20-/m00/s1. The Balaban J connectivity index is 0.000000344. The number of hydrogen-bond donors (Lipinski definition) is 2. The summed E-state index contributed by atoms with van der Waals surface area (Å²) in [5, 5.41) is 2.68. The number of aryl methyl sites for hydroxylation is 6. The Morgan fingerprint density at radius 3 is 1.38 bits per heavy atom. The van der Waals surface area contributed by atoms with Gasteiger partial charge in [-0.3, -0.25) is 9.59 Å². The molecule has 1 amide bonds. The lowest BCUT2D eigenvalue weighted by Crippen LogP contribution is -2.36. The molecule has 0 aromatic heterocycles. The maximum absolute atomic E-state index is 15.4. The fourth-order valence-electron chi connectivity index (χ4n) is 7.92. The van der Waals surface area contributed by atoms with Crippen molar-refractivity contribution in [1.82, 2.24) is 15.1 Å². The first kappa shape index (κ1) is 52.2. The molecule has 0 saturated carbocycles. The largest absolute Gasteiger partial charge is 0.466 e. The molecule has 4 aromatic rings. The third kappa shape index (κ3) is 15.3. The molecular formula is C51H70F2N4O6. The molecule has 2 atom stereocenters. The SMILES string of the molecule is CCOC(=O)C[C@H](N)c1cc(-c2c(C)cc(CN(C)C)cc2C)cc(C)c1F.CCOC(=O)C[C@H](NC(=O)OC(C)(C)C)c1cc(-c2c(C)cc(CN(C)C)cc2C)cc(C)c1F. The first-order valence-electron chi connectivity index (χ1n) is 21.5. The average Bonchev–Trinajstić information content (AvgIpc) is 3.12. The number of ether oxygens (including phenoxy) is 3. The molecule has 3 N–H and O–H groups in total. The molecule has 4 rings (SSSR count). The van der Waals surface area contributed by atoms with Crippen LogP contribution in [0.15, 0.2) is 48.5 Å². The number of carbonyl (C=O) groups excluding carboxylic acids is 3. The van der Waals surface area contributed by atoms with Crippen LogP contribution in [0, 0.1) is 53.2 Å². The van der Waals surface area contributed by atoms with Crippen molar-refractivity contribution in [2.24, 2.45) is 5.73 Å². The molecule has 344 valence electrons. The zero-order chi connectivity index (χ0) is 47.5. The maximum Gasteiger partial charge on any atom is 0.408 e. The van der Waals surface area contributed by atoms with Gasteiger partial charge in [-0.1, -0.05) is 24.3 Å². The minimum Gasteiger partial charge on any atom is -0.466 e. The molecule has 0 radical (unpaired) electrons. The number of halogens is 2. The lowest BCUT2D eigenvalue weighted by molar-refractivity contribution is -0.144. The van der Waals surface area contributed by atoms with E-state index in [-0.39, 0.29) is 37.4 Å². The van der Waals surface area contributed by atoms with Crippen LogP contribution in [0.5, 0.6) is 0 Å². The summed E-state index contributed by atoms with van der Waals surface area (Å²) in [6.07, 6.45) is -0.991. The van der Waals surface area contributed by atoms with Gasteiger partial charge in [-0.05, 0) is 195 Å². The van der Waals surface area contributed by atoms with Crippen LogP contribution in [-0.4, -0.2) is 74.8 Å². The van der Waals surface area contributed by atoms with Crippen LogP contribution in [0.25, 0.3) is 22.3 Å². The molecule has 10 nitrogen and oxygen atoms in total. The summed E-state index contributed by atoms with van der Waals surface area (Å²) in [7, 11) is 8.13. The number of carbonyl (C=O) groups is 3. The highest BCUT2D eigenvalue weighted by atomic mass is 19.1. The molecular weight excluding hydrogens is 803 g/mol. The average molecular weight is 873 g/mol. The highest BCUT2D eigenvalue weighted by Gasteiger charge is 2.27. The summed E-state index contributed by atoms with van der Waals surface area (Å²) < 4.78 is 45.6. The van der Waals surface area contributed by atoms with E-state index in [4.69, 9.17) is 19.9 Å². The van der Waals surface area contributed by atoms with E-state index in [9.17, 15) is 18.8 Å². The van der Waals surface area contributed by atoms with E-state index in [1.54, 1.807) is 66.7 Å². The van der Waals surface area contributed by atoms with Crippen LogP contribution in [-0.2, 0) is 36.9 Å². The van der Waals surface area contributed by atoms with Gasteiger partial charge in [0.15, 0.2) is 0 Å². The van der Waals surface area contributed by atoms with Crippen molar-refractivity contribution in [2.75, 3.05) is 41.4 Å². The van der Waals surface area contributed by atoms with Crippen LogP contribution < -0.4 is 11.1 Å². The zero-order valence-electron chi connectivity index (χ0n) is 40.2. The smallest absolute Gasteiger partial charge is 0.408 e. The first-order valence-corrected chi connectivity index (χ1v) is 21.5. The number of alkyl carbamates (subject to hydrolysis) is 1. The van der Waals surface area contributed by atoms with Gasteiger partial charge >= 0.3 is 18.0 Å². The second kappa shape index (κ2) is 23.0. The monoisotopic (exact) mass is 873 g/mol. The van der Waals surface area contributed by atoms with E-state index in [0.717, 1.165) is 57.6 Å². The van der Waals surface area contributed by atoms with Gasteiger partial charge < -0.3 is 35.1 Å². The van der Waals surface area contributed by atoms with Crippen molar-refractivity contribution in [3.05, 3.63) is 116 Å². The molecule has 0 aliphatic heterocycles. The van der Waals surface area contributed by atoms with Gasteiger partial charge in [0.25, 0.3) is 0 Å². The Morgan fingerprint density at radius 2 is 1.00 bits per heavy atom. The van der Waals surface area contributed by atoms with E-state index < -0.39 is 41.5 Å². The first-order chi connectivity index (χ1) is 29.3. The summed E-state index contributed by atoms with van der Waals surface area (Å²) in [6.45, 7) is 22.4. The molecule has 0 aliphatic carbocycles. The van der Waals surface area contributed by atoms with Crippen LogP contribution in [0.4, 0.5) is 13.6 Å². The van der Waals surface area contributed by atoms with Crippen molar-refractivity contribution in [1.29, 1.82) is 0 Å². The lowest BCUT2D eigenvalue weighted by atomic mass is 9.89. The van der Waals surface area contributed by atoms with E-state index in [1.807, 2.05) is 48.1 Å². The van der Waals surface area contributed by atoms with Gasteiger partial charge in [0.05, 0.1) is 32.1 Å². The van der Waals surface area contributed by atoms with Crippen molar-refractivity contribution in [3.8, 4) is 22.3 Å². The Kier molecular flexibility index (Phi) is 19.0. The van der Waals surface area contributed by atoms with E-state index in [1.165, 1.54) is 11.1 Å². The van der Waals surface area contributed by atoms with Gasteiger partial charge in [0.1, 0.15) is 17.2 Å². The van der Waals surface area contributed by atoms with Crippen molar-refractivity contribution in [2.45, 2.75) is 120 Å². The normalized spacial score (nSPS) is 12.4. The second-order valence-corrected chi connectivity index (χ2v) is 17.9. The highest BCUT2D eigenvalue weighted by molar-refractivity contribution is 5.77. The van der Waals surface area contributed by atoms with Gasteiger partial charge in [-0.2, -0.15) is 0 Å². The number of esters is 2. The van der Waals surface area contributed by atoms with Crippen LogP contribution >= 0.6 is 0 Å². The predicted octanol–water partition coefficient (Wildman–Crippen LogP) is 10.4. The van der Waals surface area contributed by atoms with Crippen LogP contribution in [0.2, 0.25) is 0 Å². The molecule has 12 heteroatoms. The molecule has 0 heterocycles. The zero-order valence-corrected chi connectivity index (χ0v) is 40.2. The molecule has 63 heavy (non-hydrogen) atoms. The minimum absolute atomic E-state index is 0.0482. The number of rotatable bonds is 15. The fraction of sp³-hybridized carbons (Fsp3) is 0.471. The fourth-order valence-corrected chi connectivity index (χ4v) is 7.92. The highest BCUT2D eigenvalue weighted by Crippen LogP contribution is 2.36. The molecule has 0 unspecified atom stereocenters. The summed E-state index contributed by atoms with van der Waals surface area (Å²) in [5.74, 6) is -1.78. The van der Waals surface area contributed by atoms with E-state index in [0.29, 0.717) is 16.7 Å². The quantitative estimate of drug-likeness (QED) is 0.0888. The number of benzene rings is 4.